The van der Waals surface area contributed by atoms with Crippen LogP contribution in [0.2, 0.25) is 0 Å². The van der Waals surface area contributed by atoms with Gasteiger partial charge in [-0.05, 0) is 30.7 Å². The fourth-order valence-electron chi connectivity index (χ4n) is 1.98. The lowest BCUT2D eigenvalue weighted by Gasteiger charge is -2.08. The molecular weight excluding hydrogens is 306 g/mol. The zero-order chi connectivity index (χ0) is 17.0. The first kappa shape index (κ1) is 17.5. The topological polar surface area (TPSA) is 80.3 Å². The summed E-state index contributed by atoms with van der Waals surface area (Å²) in [6.07, 6.45) is 4.10. The molecule has 6 heteroatoms. The van der Waals surface area contributed by atoms with E-state index in [1.54, 1.807) is 18.3 Å². The number of carbonyl (C=O) groups excluding carboxylic acids is 2. The molecule has 0 unspecified atom stereocenters. The van der Waals surface area contributed by atoms with Crippen molar-refractivity contribution in [2.45, 2.75) is 12.8 Å². The first-order chi connectivity index (χ1) is 11.8. The molecule has 0 saturated heterocycles. The van der Waals surface area contributed by atoms with Crippen molar-refractivity contribution in [3.63, 3.8) is 0 Å². The fraction of sp³-hybridized carbons (Fsp3) is 0.278. The van der Waals surface area contributed by atoms with Crippen molar-refractivity contribution in [1.82, 2.24) is 15.6 Å². The zero-order valence-corrected chi connectivity index (χ0v) is 13.4. The van der Waals surface area contributed by atoms with Gasteiger partial charge in [0.2, 0.25) is 5.91 Å². The van der Waals surface area contributed by atoms with E-state index in [2.05, 4.69) is 15.6 Å². The molecule has 2 N–H and O–H groups in total. The number of nitrogens with one attached hydrogen (secondary N) is 2. The summed E-state index contributed by atoms with van der Waals surface area (Å²) in [6.45, 7) is 1.35. The predicted octanol–water partition coefficient (Wildman–Crippen LogP) is 1.79. The Labute approximate surface area is 141 Å². The summed E-state index contributed by atoms with van der Waals surface area (Å²) in [5.74, 6) is 0.526. The van der Waals surface area contributed by atoms with Crippen LogP contribution in [0.5, 0.6) is 5.75 Å². The van der Waals surface area contributed by atoms with E-state index in [4.69, 9.17) is 4.74 Å². The molecule has 126 valence electrons. The molecule has 0 aliphatic heterocycles. The van der Waals surface area contributed by atoms with Gasteiger partial charge in [0, 0.05) is 25.5 Å². The van der Waals surface area contributed by atoms with Crippen LogP contribution in [0.25, 0.3) is 0 Å². The third kappa shape index (κ3) is 6.48. The van der Waals surface area contributed by atoms with Crippen LogP contribution in [0.3, 0.4) is 0 Å². The minimum atomic E-state index is -0.161. The van der Waals surface area contributed by atoms with Gasteiger partial charge in [-0.15, -0.1) is 0 Å². The number of hydrogen-bond donors (Lipinski definition) is 2. The monoisotopic (exact) mass is 327 g/mol. The summed E-state index contributed by atoms with van der Waals surface area (Å²) in [4.78, 5) is 27.3. The average Bonchev–Trinajstić information content (AvgIpc) is 2.63. The first-order valence-corrected chi connectivity index (χ1v) is 7.88. The van der Waals surface area contributed by atoms with Crippen LogP contribution in [0.1, 0.15) is 23.2 Å². The molecule has 0 fully saturated rings. The van der Waals surface area contributed by atoms with E-state index in [0.717, 1.165) is 5.75 Å². The lowest BCUT2D eigenvalue weighted by molar-refractivity contribution is -0.121. The molecule has 1 aromatic heterocycles. The maximum absolute atomic E-state index is 11.8. The number of benzene rings is 1. The van der Waals surface area contributed by atoms with E-state index in [-0.39, 0.29) is 11.8 Å². The molecule has 24 heavy (non-hydrogen) atoms. The molecule has 1 aromatic carbocycles. The van der Waals surface area contributed by atoms with Crippen molar-refractivity contribution >= 4 is 11.8 Å². The number of amides is 2. The molecule has 0 bridgehead atoms. The summed E-state index contributed by atoms with van der Waals surface area (Å²) in [6, 6.07) is 12.8. The molecule has 6 nitrogen and oxygen atoms in total. The average molecular weight is 327 g/mol. The number of nitrogens with zero attached hydrogens (tertiary/aromatic N) is 1. The Morgan fingerprint density at radius 3 is 2.54 bits per heavy atom. The molecule has 2 rings (SSSR count). The molecule has 0 aliphatic carbocycles. The van der Waals surface area contributed by atoms with Crippen LogP contribution >= 0.6 is 0 Å². The molecule has 0 aliphatic rings. The van der Waals surface area contributed by atoms with E-state index in [1.165, 1.54) is 6.20 Å². The summed E-state index contributed by atoms with van der Waals surface area (Å²) in [5, 5.41) is 5.58. The summed E-state index contributed by atoms with van der Waals surface area (Å²) < 4.78 is 5.46. The standard InChI is InChI=1S/C18H21N3O3/c22-17(9-13-24-16-7-2-1-3-8-16)20-11-5-12-21-18(23)15-6-4-10-19-14-15/h1-4,6-8,10,14H,5,9,11-13H2,(H,20,22)(H,21,23). The molecule has 0 atom stereocenters. The van der Waals surface area contributed by atoms with Crippen molar-refractivity contribution in [3.05, 3.63) is 60.4 Å². The van der Waals surface area contributed by atoms with Gasteiger partial charge in [0.15, 0.2) is 0 Å². The van der Waals surface area contributed by atoms with E-state index in [0.29, 0.717) is 38.1 Å². The quantitative estimate of drug-likeness (QED) is 0.688. The molecular formula is C18H21N3O3. The molecule has 2 amide bonds. The summed E-state index contributed by atoms with van der Waals surface area (Å²) in [7, 11) is 0. The van der Waals surface area contributed by atoms with Gasteiger partial charge in [0.1, 0.15) is 5.75 Å². The maximum atomic E-state index is 11.8. The number of pyridine rings is 1. The first-order valence-electron chi connectivity index (χ1n) is 7.88. The van der Waals surface area contributed by atoms with Gasteiger partial charge in [-0.2, -0.15) is 0 Å². The van der Waals surface area contributed by atoms with Crippen molar-refractivity contribution in [3.8, 4) is 5.75 Å². The van der Waals surface area contributed by atoms with Gasteiger partial charge in [-0.25, -0.2) is 0 Å². The largest absolute Gasteiger partial charge is 0.493 e. The Balaban J connectivity index is 1.51. The second-order valence-electron chi connectivity index (χ2n) is 5.11. The van der Waals surface area contributed by atoms with Gasteiger partial charge in [-0.1, -0.05) is 18.2 Å². The van der Waals surface area contributed by atoms with Gasteiger partial charge >= 0.3 is 0 Å². The van der Waals surface area contributed by atoms with E-state index in [1.807, 2.05) is 30.3 Å². The highest BCUT2D eigenvalue weighted by atomic mass is 16.5. The number of carbonyl (C=O) groups is 2. The molecule has 2 aromatic rings. The van der Waals surface area contributed by atoms with Gasteiger partial charge in [0.25, 0.3) is 5.91 Å². The number of hydrogen-bond acceptors (Lipinski definition) is 4. The third-order valence-corrected chi connectivity index (χ3v) is 3.23. The predicted molar refractivity (Wildman–Crippen MR) is 90.8 cm³/mol. The highest BCUT2D eigenvalue weighted by molar-refractivity contribution is 5.93. The van der Waals surface area contributed by atoms with E-state index in [9.17, 15) is 9.59 Å². The highest BCUT2D eigenvalue weighted by Crippen LogP contribution is 2.08. The van der Waals surface area contributed by atoms with Crippen LogP contribution in [-0.4, -0.2) is 36.5 Å². The lowest BCUT2D eigenvalue weighted by atomic mass is 10.2. The Bertz CT molecular complexity index is 632. The van der Waals surface area contributed by atoms with Crippen LogP contribution < -0.4 is 15.4 Å². The van der Waals surface area contributed by atoms with Crippen LogP contribution in [0.4, 0.5) is 0 Å². The molecule has 0 spiro atoms. The van der Waals surface area contributed by atoms with Crippen LogP contribution in [0.15, 0.2) is 54.9 Å². The molecule has 0 radical (unpaired) electrons. The smallest absolute Gasteiger partial charge is 0.252 e. The summed E-state index contributed by atoms with van der Waals surface area (Å²) in [5.41, 5.74) is 0.527. The number of aromatic nitrogens is 1. The minimum absolute atomic E-state index is 0.0653. The molecule has 0 saturated carbocycles. The lowest BCUT2D eigenvalue weighted by Crippen LogP contribution is -2.30. The van der Waals surface area contributed by atoms with Crippen LogP contribution in [0, 0.1) is 0 Å². The Morgan fingerprint density at radius 1 is 1.00 bits per heavy atom. The van der Waals surface area contributed by atoms with Crippen molar-refractivity contribution < 1.29 is 14.3 Å². The van der Waals surface area contributed by atoms with Crippen molar-refractivity contribution in [2.75, 3.05) is 19.7 Å². The SMILES string of the molecule is O=C(CCOc1ccccc1)NCCCNC(=O)c1cccnc1. The number of ether oxygens (including phenoxy) is 1. The second kappa shape index (κ2) is 9.99. The van der Waals surface area contributed by atoms with Crippen LogP contribution in [-0.2, 0) is 4.79 Å². The number of para-hydroxylation sites is 1. The van der Waals surface area contributed by atoms with E-state index >= 15 is 0 Å². The van der Waals surface area contributed by atoms with Crippen molar-refractivity contribution in [1.29, 1.82) is 0 Å². The Hall–Kier alpha value is -2.89. The Kier molecular flexibility index (Phi) is 7.27. The van der Waals surface area contributed by atoms with Gasteiger partial charge < -0.3 is 15.4 Å². The van der Waals surface area contributed by atoms with Gasteiger partial charge in [-0.3, -0.25) is 14.6 Å². The minimum Gasteiger partial charge on any atom is -0.493 e. The maximum Gasteiger partial charge on any atom is 0.252 e. The molecule has 1 heterocycles. The number of rotatable bonds is 9. The fourth-order valence-corrected chi connectivity index (χ4v) is 1.98. The normalized spacial score (nSPS) is 10.0. The van der Waals surface area contributed by atoms with Gasteiger partial charge in [0.05, 0.1) is 18.6 Å². The zero-order valence-electron chi connectivity index (χ0n) is 13.4. The Morgan fingerprint density at radius 2 is 1.79 bits per heavy atom. The third-order valence-electron chi connectivity index (χ3n) is 3.23. The van der Waals surface area contributed by atoms with Crippen molar-refractivity contribution in [2.24, 2.45) is 0 Å². The summed E-state index contributed by atoms with van der Waals surface area (Å²) >= 11 is 0. The second-order valence-corrected chi connectivity index (χ2v) is 5.11. The highest BCUT2D eigenvalue weighted by Gasteiger charge is 2.04. The van der Waals surface area contributed by atoms with E-state index < -0.39 is 0 Å².